The third kappa shape index (κ3) is 3.35. The zero-order valence-electron chi connectivity index (χ0n) is 9.68. The lowest BCUT2D eigenvalue weighted by molar-refractivity contribution is -0.119. The summed E-state index contributed by atoms with van der Waals surface area (Å²) in [4.78, 5) is 19.5. The molecule has 1 aromatic rings. The fourth-order valence-electron chi connectivity index (χ4n) is 1.34. The maximum Gasteiger partial charge on any atom is 0.240 e. The van der Waals surface area contributed by atoms with Gasteiger partial charge in [-0.05, 0) is 5.92 Å². The van der Waals surface area contributed by atoms with Crippen LogP contribution < -0.4 is 16.8 Å². The number of rotatable bonds is 5. The fourth-order valence-corrected chi connectivity index (χ4v) is 1.49. The number of primary amides is 1. The lowest BCUT2D eigenvalue weighted by Gasteiger charge is -2.20. The molecule has 1 rings (SSSR count). The summed E-state index contributed by atoms with van der Waals surface area (Å²) in [5.74, 6) is -0.0641. The van der Waals surface area contributed by atoms with Crippen LogP contribution in [0.25, 0.3) is 0 Å². The Hall–Kier alpha value is -1.76. The van der Waals surface area contributed by atoms with Crippen LogP contribution in [0.4, 0.5) is 5.82 Å². The van der Waals surface area contributed by atoms with E-state index in [2.05, 4.69) is 15.3 Å². The molecule has 0 saturated carbocycles. The molecule has 0 aliphatic rings. The van der Waals surface area contributed by atoms with E-state index in [0.717, 1.165) is 0 Å². The van der Waals surface area contributed by atoms with Crippen LogP contribution in [0.5, 0.6) is 0 Å². The summed E-state index contributed by atoms with van der Waals surface area (Å²) in [6, 6.07) is -0.542. The number of carbonyl (C=O) groups excluding carboxylic acids is 1. The second kappa shape index (κ2) is 5.53. The van der Waals surface area contributed by atoms with Crippen LogP contribution in [0.2, 0.25) is 0 Å². The number of hydrogen-bond acceptors (Lipinski definition) is 5. The van der Waals surface area contributed by atoms with Crippen molar-refractivity contribution in [1.29, 1.82) is 0 Å². The summed E-state index contributed by atoms with van der Waals surface area (Å²) in [5, 5.41) is 2.91. The highest BCUT2D eigenvalue weighted by Gasteiger charge is 2.21. The van der Waals surface area contributed by atoms with Gasteiger partial charge >= 0.3 is 0 Å². The van der Waals surface area contributed by atoms with Crippen molar-refractivity contribution in [2.24, 2.45) is 17.4 Å². The molecule has 1 atom stereocenters. The number of hydrogen-bond donors (Lipinski definition) is 3. The van der Waals surface area contributed by atoms with Crippen molar-refractivity contribution in [3.8, 4) is 0 Å². The van der Waals surface area contributed by atoms with Gasteiger partial charge in [-0.15, -0.1) is 0 Å². The fraction of sp³-hybridized carbons (Fsp3) is 0.400. The largest absolute Gasteiger partial charge is 0.388 e. The van der Waals surface area contributed by atoms with Crippen molar-refractivity contribution >= 4 is 28.9 Å². The summed E-state index contributed by atoms with van der Waals surface area (Å²) in [5.41, 5.74) is 11.2. The number of anilines is 1. The molecule has 1 heterocycles. The zero-order valence-corrected chi connectivity index (χ0v) is 10.5. The van der Waals surface area contributed by atoms with Gasteiger partial charge in [0.1, 0.15) is 16.7 Å². The molecule has 0 radical (unpaired) electrons. The van der Waals surface area contributed by atoms with Crippen molar-refractivity contribution in [1.82, 2.24) is 9.97 Å². The van der Waals surface area contributed by atoms with Crippen LogP contribution in [-0.4, -0.2) is 26.9 Å². The van der Waals surface area contributed by atoms with E-state index in [0.29, 0.717) is 11.5 Å². The number of carbonyl (C=O) groups is 1. The number of nitrogens with one attached hydrogen (secondary N) is 1. The quantitative estimate of drug-likeness (QED) is 0.639. The van der Waals surface area contributed by atoms with Gasteiger partial charge in [0.25, 0.3) is 0 Å². The molecule has 0 fully saturated rings. The van der Waals surface area contributed by atoms with Crippen molar-refractivity contribution in [2.45, 2.75) is 19.9 Å². The average Bonchev–Trinajstić information content (AvgIpc) is 2.25. The highest BCUT2D eigenvalue weighted by molar-refractivity contribution is 7.80. The third-order valence-electron chi connectivity index (χ3n) is 2.20. The Morgan fingerprint density at radius 2 is 1.94 bits per heavy atom. The molecule has 6 nitrogen and oxygen atoms in total. The van der Waals surface area contributed by atoms with E-state index >= 15 is 0 Å². The van der Waals surface area contributed by atoms with E-state index in [1.807, 2.05) is 13.8 Å². The lowest BCUT2D eigenvalue weighted by Crippen LogP contribution is -2.40. The topological polar surface area (TPSA) is 107 Å². The minimum Gasteiger partial charge on any atom is -0.388 e. The van der Waals surface area contributed by atoms with E-state index in [9.17, 15) is 4.79 Å². The van der Waals surface area contributed by atoms with Crippen LogP contribution in [0.15, 0.2) is 12.4 Å². The van der Waals surface area contributed by atoms with Gasteiger partial charge in [-0.1, -0.05) is 26.1 Å². The van der Waals surface area contributed by atoms with Crippen molar-refractivity contribution < 1.29 is 4.79 Å². The SMILES string of the molecule is CC(C)C(Nc1nccnc1C(N)=S)C(N)=O. The predicted molar refractivity (Wildman–Crippen MR) is 69.4 cm³/mol. The molecular formula is C10H15N5OS. The molecule has 0 bridgehead atoms. The molecule has 1 unspecified atom stereocenters. The van der Waals surface area contributed by atoms with E-state index in [-0.39, 0.29) is 10.9 Å². The maximum absolute atomic E-state index is 11.3. The van der Waals surface area contributed by atoms with Crippen molar-refractivity contribution in [3.63, 3.8) is 0 Å². The molecule has 1 aromatic heterocycles. The van der Waals surface area contributed by atoms with Gasteiger partial charge in [-0.2, -0.15) is 0 Å². The molecule has 0 aromatic carbocycles. The highest BCUT2D eigenvalue weighted by Crippen LogP contribution is 2.13. The Morgan fingerprint density at radius 3 is 2.41 bits per heavy atom. The summed E-state index contributed by atoms with van der Waals surface area (Å²) in [6.45, 7) is 3.75. The Labute approximate surface area is 105 Å². The summed E-state index contributed by atoms with van der Waals surface area (Å²) < 4.78 is 0. The first-order valence-electron chi connectivity index (χ1n) is 5.10. The zero-order chi connectivity index (χ0) is 13.0. The molecule has 0 aliphatic heterocycles. The number of amides is 1. The van der Waals surface area contributed by atoms with Crippen LogP contribution in [0, 0.1) is 5.92 Å². The molecule has 0 spiro atoms. The predicted octanol–water partition coefficient (Wildman–Crippen LogP) is 0.0326. The number of thiocarbonyl (C=S) groups is 1. The second-order valence-electron chi connectivity index (χ2n) is 3.89. The average molecular weight is 253 g/mol. The van der Waals surface area contributed by atoms with Gasteiger partial charge in [-0.3, -0.25) is 4.79 Å². The molecule has 1 amide bonds. The number of nitrogens with two attached hydrogens (primary N) is 2. The van der Waals surface area contributed by atoms with Gasteiger partial charge in [-0.25, -0.2) is 9.97 Å². The van der Waals surface area contributed by atoms with E-state index in [1.165, 1.54) is 12.4 Å². The van der Waals surface area contributed by atoms with E-state index in [4.69, 9.17) is 23.7 Å². The van der Waals surface area contributed by atoms with Gasteiger partial charge < -0.3 is 16.8 Å². The molecule has 5 N–H and O–H groups in total. The molecule has 92 valence electrons. The Kier molecular flexibility index (Phi) is 4.33. The first-order chi connectivity index (χ1) is 7.93. The maximum atomic E-state index is 11.3. The minimum absolute atomic E-state index is 0.0219. The molecular weight excluding hydrogens is 238 g/mol. The standard InChI is InChI=1S/C10H15N5OS/c1-5(2)6(8(11)16)15-10-7(9(12)17)13-3-4-14-10/h3-6H,1-2H3,(H2,11,16)(H2,12,17)(H,14,15). The van der Waals surface area contributed by atoms with Gasteiger partial charge in [0.05, 0.1) is 0 Å². The van der Waals surface area contributed by atoms with Crippen LogP contribution in [0.3, 0.4) is 0 Å². The minimum atomic E-state index is -0.542. The molecule has 17 heavy (non-hydrogen) atoms. The number of aromatic nitrogens is 2. The van der Waals surface area contributed by atoms with Gasteiger partial charge in [0.15, 0.2) is 5.82 Å². The summed E-state index contributed by atoms with van der Waals surface area (Å²) in [7, 11) is 0. The molecule has 7 heteroatoms. The van der Waals surface area contributed by atoms with Crippen LogP contribution in [0.1, 0.15) is 19.5 Å². The monoisotopic (exact) mass is 253 g/mol. The van der Waals surface area contributed by atoms with E-state index in [1.54, 1.807) is 0 Å². The Morgan fingerprint density at radius 1 is 1.35 bits per heavy atom. The van der Waals surface area contributed by atoms with Gasteiger partial charge in [0.2, 0.25) is 5.91 Å². The molecule has 0 saturated heterocycles. The summed E-state index contributed by atoms with van der Waals surface area (Å²) >= 11 is 4.85. The van der Waals surface area contributed by atoms with E-state index < -0.39 is 11.9 Å². The van der Waals surface area contributed by atoms with Crippen molar-refractivity contribution in [2.75, 3.05) is 5.32 Å². The van der Waals surface area contributed by atoms with Crippen molar-refractivity contribution in [3.05, 3.63) is 18.1 Å². The Balaban J connectivity index is 3.01. The lowest BCUT2D eigenvalue weighted by atomic mass is 10.0. The second-order valence-corrected chi connectivity index (χ2v) is 4.33. The van der Waals surface area contributed by atoms with Gasteiger partial charge in [0, 0.05) is 12.4 Å². The molecule has 0 aliphatic carbocycles. The highest BCUT2D eigenvalue weighted by atomic mass is 32.1. The normalized spacial score (nSPS) is 12.2. The smallest absolute Gasteiger partial charge is 0.240 e. The Bertz CT molecular complexity index is 434. The third-order valence-corrected chi connectivity index (χ3v) is 2.39. The van der Waals surface area contributed by atoms with Crippen LogP contribution >= 0.6 is 12.2 Å². The first-order valence-corrected chi connectivity index (χ1v) is 5.51. The summed E-state index contributed by atoms with van der Waals surface area (Å²) in [6.07, 6.45) is 2.97. The first kappa shape index (κ1) is 13.3. The number of nitrogens with zero attached hydrogens (tertiary/aromatic N) is 2. The van der Waals surface area contributed by atoms with Crippen LogP contribution in [-0.2, 0) is 4.79 Å².